The Morgan fingerprint density at radius 2 is 2.15 bits per heavy atom. The van der Waals surface area contributed by atoms with Crippen molar-refractivity contribution in [1.29, 1.82) is 0 Å². The number of aromatic nitrogens is 4. The molecule has 0 fully saturated rings. The Bertz CT molecular complexity index is 589. The van der Waals surface area contributed by atoms with Crippen LogP contribution in [0.3, 0.4) is 0 Å². The maximum atomic E-state index is 11.9. The van der Waals surface area contributed by atoms with Crippen LogP contribution in [0.2, 0.25) is 0 Å². The van der Waals surface area contributed by atoms with E-state index in [0.717, 1.165) is 17.8 Å². The third-order valence-electron chi connectivity index (χ3n) is 2.80. The smallest absolute Gasteiger partial charge is 0.271 e. The molecule has 2 aromatic rings. The maximum absolute atomic E-state index is 11.9. The second-order valence-electron chi connectivity index (χ2n) is 4.41. The van der Waals surface area contributed by atoms with Gasteiger partial charge >= 0.3 is 0 Å². The molecule has 0 aromatic carbocycles. The molecular formula is C13H18N6O. The number of carbonyl (C=O) groups excluding carboxylic acids is 1. The monoisotopic (exact) mass is 274 g/mol. The van der Waals surface area contributed by atoms with Gasteiger partial charge in [-0.15, -0.1) is 0 Å². The number of nitrogens with one attached hydrogen (secondary N) is 2. The molecule has 0 saturated carbocycles. The fourth-order valence-electron chi connectivity index (χ4n) is 1.81. The standard InChI is InChI=1S/C13H18N6O/c1-4-14-12-7-15-11(6-16-12)13(20)17-5-10-8-19(3)18-9(10)2/h6-8H,4-5H2,1-3H3,(H,14,16)(H,17,20). The average molecular weight is 274 g/mol. The molecule has 0 radical (unpaired) electrons. The topological polar surface area (TPSA) is 84.7 Å². The molecule has 0 saturated heterocycles. The summed E-state index contributed by atoms with van der Waals surface area (Å²) < 4.78 is 1.72. The van der Waals surface area contributed by atoms with Gasteiger partial charge in [-0.1, -0.05) is 0 Å². The Labute approximate surface area is 117 Å². The van der Waals surface area contributed by atoms with Gasteiger partial charge in [0, 0.05) is 31.9 Å². The third-order valence-corrected chi connectivity index (χ3v) is 2.80. The highest BCUT2D eigenvalue weighted by Crippen LogP contribution is 2.05. The zero-order chi connectivity index (χ0) is 14.5. The number of aryl methyl sites for hydroxylation is 2. The summed E-state index contributed by atoms with van der Waals surface area (Å²) in [6.45, 7) is 5.07. The Morgan fingerprint density at radius 3 is 2.70 bits per heavy atom. The van der Waals surface area contributed by atoms with Gasteiger partial charge in [-0.3, -0.25) is 9.48 Å². The number of amides is 1. The highest BCUT2D eigenvalue weighted by Gasteiger charge is 2.09. The number of rotatable bonds is 5. The van der Waals surface area contributed by atoms with Crippen LogP contribution in [0.1, 0.15) is 28.7 Å². The Kier molecular flexibility index (Phi) is 4.29. The maximum Gasteiger partial charge on any atom is 0.271 e. The van der Waals surface area contributed by atoms with Crippen LogP contribution in [-0.2, 0) is 13.6 Å². The van der Waals surface area contributed by atoms with Gasteiger partial charge in [0.1, 0.15) is 11.5 Å². The van der Waals surface area contributed by atoms with Crippen molar-refractivity contribution in [2.45, 2.75) is 20.4 Å². The first-order valence-corrected chi connectivity index (χ1v) is 6.43. The van der Waals surface area contributed by atoms with E-state index < -0.39 is 0 Å². The number of nitrogens with zero attached hydrogens (tertiary/aromatic N) is 4. The van der Waals surface area contributed by atoms with Crippen molar-refractivity contribution in [1.82, 2.24) is 25.1 Å². The Hall–Kier alpha value is -2.44. The van der Waals surface area contributed by atoms with Gasteiger partial charge in [0.15, 0.2) is 0 Å². The quantitative estimate of drug-likeness (QED) is 0.845. The van der Waals surface area contributed by atoms with Crippen molar-refractivity contribution in [3.05, 3.63) is 35.5 Å². The van der Waals surface area contributed by atoms with Crippen molar-refractivity contribution in [2.24, 2.45) is 7.05 Å². The highest BCUT2D eigenvalue weighted by atomic mass is 16.1. The van der Waals surface area contributed by atoms with Gasteiger partial charge < -0.3 is 10.6 Å². The molecule has 106 valence electrons. The van der Waals surface area contributed by atoms with Crippen LogP contribution < -0.4 is 10.6 Å². The summed E-state index contributed by atoms with van der Waals surface area (Å²) in [7, 11) is 1.85. The van der Waals surface area contributed by atoms with Crippen LogP contribution in [0.5, 0.6) is 0 Å². The van der Waals surface area contributed by atoms with Gasteiger partial charge in [0.25, 0.3) is 5.91 Å². The lowest BCUT2D eigenvalue weighted by molar-refractivity contribution is 0.0945. The molecule has 0 aliphatic carbocycles. The van der Waals surface area contributed by atoms with E-state index in [0.29, 0.717) is 18.1 Å². The summed E-state index contributed by atoms with van der Waals surface area (Å²) in [5.41, 5.74) is 2.19. The normalized spacial score (nSPS) is 10.3. The molecule has 2 rings (SSSR count). The molecule has 1 amide bonds. The Balaban J connectivity index is 1.96. The first-order chi connectivity index (χ1) is 9.60. The zero-order valence-corrected chi connectivity index (χ0v) is 11.8. The second-order valence-corrected chi connectivity index (χ2v) is 4.41. The van der Waals surface area contributed by atoms with E-state index in [2.05, 4.69) is 25.7 Å². The predicted octanol–water partition coefficient (Wildman–Crippen LogP) is 0.880. The number of hydrogen-bond donors (Lipinski definition) is 2. The fraction of sp³-hybridized carbons (Fsp3) is 0.385. The number of hydrogen-bond acceptors (Lipinski definition) is 5. The summed E-state index contributed by atoms with van der Waals surface area (Å²) in [6, 6.07) is 0. The highest BCUT2D eigenvalue weighted by molar-refractivity contribution is 5.91. The molecule has 0 unspecified atom stereocenters. The Morgan fingerprint density at radius 1 is 1.35 bits per heavy atom. The summed E-state index contributed by atoms with van der Waals surface area (Å²) >= 11 is 0. The summed E-state index contributed by atoms with van der Waals surface area (Å²) in [5, 5.41) is 10.1. The van der Waals surface area contributed by atoms with E-state index in [1.807, 2.05) is 27.1 Å². The minimum Gasteiger partial charge on any atom is -0.369 e. The molecule has 7 nitrogen and oxygen atoms in total. The van der Waals surface area contributed by atoms with E-state index in [1.54, 1.807) is 10.9 Å². The summed E-state index contributed by atoms with van der Waals surface area (Å²) in [4.78, 5) is 20.1. The van der Waals surface area contributed by atoms with Crippen LogP contribution >= 0.6 is 0 Å². The van der Waals surface area contributed by atoms with E-state index in [-0.39, 0.29) is 5.91 Å². The largest absolute Gasteiger partial charge is 0.369 e. The van der Waals surface area contributed by atoms with E-state index in [9.17, 15) is 4.79 Å². The predicted molar refractivity (Wildman–Crippen MR) is 75.3 cm³/mol. The van der Waals surface area contributed by atoms with Gasteiger partial charge in [0.05, 0.1) is 18.1 Å². The van der Waals surface area contributed by atoms with E-state index >= 15 is 0 Å². The first kappa shape index (κ1) is 14.0. The van der Waals surface area contributed by atoms with Gasteiger partial charge in [-0.2, -0.15) is 5.10 Å². The molecule has 20 heavy (non-hydrogen) atoms. The molecule has 0 bridgehead atoms. The lowest BCUT2D eigenvalue weighted by Gasteiger charge is -2.05. The fourth-order valence-corrected chi connectivity index (χ4v) is 1.81. The molecule has 0 spiro atoms. The molecule has 2 aromatic heterocycles. The lowest BCUT2D eigenvalue weighted by atomic mass is 10.2. The summed E-state index contributed by atoms with van der Waals surface area (Å²) in [6.07, 6.45) is 4.90. The molecule has 2 N–H and O–H groups in total. The molecule has 7 heteroatoms. The summed E-state index contributed by atoms with van der Waals surface area (Å²) in [5.74, 6) is 0.413. The molecule has 0 atom stereocenters. The molecule has 0 aliphatic rings. The van der Waals surface area contributed by atoms with Crippen molar-refractivity contribution in [2.75, 3.05) is 11.9 Å². The van der Waals surface area contributed by atoms with Crippen molar-refractivity contribution < 1.29 is 4.79 Å². The van der Waals surface area contributed by atoms with E-state index in [1.165, 1.54) is 6.20 Å². The van der Waals surface area contributed by atoms with Crippen molar-refractivity contribution in [3.8, 4) is 0 Å². The first-order valence-electron chi connectivity index (χ1n) is 6.43. The van der Waals surface area contributed by atoms with Crippen LogP contribution in [0.15, 0.2) is 18.6 Å². The minimum atomic E-state index is -0.246. The van der Waals surface area contributed by atoms with Crippen molar-refractivity contribution in [3.63, 3.8) is 0 Å². The van der Waals surface area contributed by atoms with Crippen LogP contribution in [0, 0.1) is 6.92 Å². The molecule has 0 aliphatic heterocycles. The van der Waals surface area contributed by atoms with Crippen molar-refractivity contribution >= 4 is 11.7 Å². The van der Waals surface area contributed by atoms with Gasteiger partial charge in [-0.25, -0.2) is 9.97 Å². The minimum absolute atomic E-state index is 0.246. The second kappa shape index (κ2) is 6.14. The van der Waals surface area contributed by atoms with Crippen LogP contribution in [-0.4, -0.2) is 32.2 Å². The molecular weight excluding hydrogens is 256 g/mol. The van der Waals surface area contributed by atoms with Crippen LogP contribution in [0.25, 0.3) is 0 Å². The SMILES string of the molecule is CCNc1cnc(C(=O)NCc2cn(C)nc2C)cn1. The van der Waals surface area contributed by atoms with Crippen LogP contribution in [0.4, 0.5) is 5.82 Å². The van der Waals surface area contributed by atoms with E-state index in [4.69, 9.17) is 0 Å². The number of anilines is 1. The number of carbonyl (C=O) groups is 1. The van der Waals surface area contributed by atoms with Gasteiger partial charge in [-0.05, 0) is 13.8 Å². The average Bonchev–Trinajstić information content (AvgIpc) is 2.75. The third kappa shape index (κ3) is 3.31. The zero-order valence-electron chi connectivity index (χ0n) is 11.8. The van der Waals surface area contributed by atoms with Gasteiger partial charge in [0.2, 0.25) is 0 Å². The molecule has 2 heterocycles. The lowest BCUT2D eigenvalue weighted by Crippen LogP contribution is -2.24.